The molecule has 2 aromatic heterocycles. The summed E-state index contributed by atoms with van der Waals surface area (Å²) in [6.45, 7) is 1.43. The van der Waals surface area contributed by atoms with Crippen molar-refractivity contribution in [3.05, 3.63) is 54.6 Å². The quantitative estimate of drug-likeness (QED) is 0.458. The van der Waals surface area contributed by atoms with Crippen LogP contribution in [0.2, 0.25) is 0 Å². The van der Waals surface area contributed by atoms with Crippen molar-refractivity contribution in [1.29, 1.82) is 0 Å². The van der Waals surface area contributed by atoms with Crippen molar-refractivity contribution in [2.45, 2.75) is 12.1 Å². The summed E-state index contributed by atoms with van der Waals surface area (Å²) in [4.78, 5) is 23.5. The molecule has 8 nitrogen and oxygen atoms in total. The zero-order valence-corrected chi connectivity index (χ0v) is 17.2. The van der Waals surface area contributed by atoms with Crippen molar-refractivity contribution < 1.29 is 14.0 Å². The van der Waals surface area contributed by atoms with E-state index in [1.807, 2.05) is 37.4 Å². The van der Waals surface area contributed by atoms with Gasteiger partial charge in [-0.15, -0.1) is 10.2 Å². The Balaban J connectivity index is 1.41. The average Bonchev–Trinajstić information content (AvgIpc) is 3.29. The Kier molecular flexibility index (Phi) is 5.53. The Labute approximate surface area is 176 Å². The molecule has 152 valence electrons. The van der Waals surface area contributed by atoms with E-state index in [0.717, 1.165) is 11.0 Å². The Morgan fingerprint density at radius 2 is 1.80 bits per heavy atom. The van der Waals surface area contributed by atoms with E-state index >= 15 is 0 Å². The van der Waals surface area contributed by atoms with Crippen LogP contribution in [0.15, 0.2) is 64.2 Å². The summed E-state index contributed by atoms with van der Waals surface area (Å²) in [5.74, 6) is 1.02. The highest BCUT2D eigenvalue weighted by atomic mass is 32.2. The molecule has 4 aromatic rings. The SMILES string of the molecule is CC(=O)Nc1cccc(NC(=O)CSc2nnc(-c3cc4ccccc4o3)n2C)c1. The number of benzene rings is 2. The molecule has 0 atom stereocenters. The van der Waals surface area contributed by atoms with Crippen LogP contribution in [0.25, 0.3) is 22.6 Å². The lowest BCUT2D eigenvalue weighted by atomic mass is 10.2. The molecule has 2 aromatic carbocycles. The zero-order valence-electron chi connectivity index (χ0n) is 16.4. The summed E-state index contributed by atoms with van der Waals surface area (Å²) in [6, 6.07) is 16.6. The molecule has 4 rings (SSSR count). The summed E-state index contributed by atoms with van der Waals surface area (Å²) in [5, 5.41) is 15.5. The maximum atomic E-state index is 12.3. The molecule has 2 heterocycles. The number of carbonyl (C=O) groups excluding carboxylic acids is 2. The molecule has 0 spiro atoms. The van der Waals surface area contributed by atoms with Crippen LogP contribution < -0.4 is 10.6 Å². The molecule has 9 heteroatoms. The van der Waals surface area contributed by atoms with E-state index in [1.165, 1.54) is 18.7 Å². The van der Waals surface area contributed by atoms with Gasteiger partial charge in [-0.25, -0.2) is 0 Å². The zero-order chi connectivity index (χ0) is 21.1. The van der Waals surface area contributed by atoms with Gasteiger partial charge < -0.3 is 19.6 Å². The second-order valence-electron chi connectivity index (χ2n) is 6.61. The van der Waals surface area contributed by atoms with Gasteiger partial charge in [0.2, 0.25) is 11.8 Å². The maximum Gasteiger partial charge on any atom is 0.234 e. The number of fused-ring (bicyclic) bond motifs is 1. The molecule has 0 aliphatic rings. The van der Waals surface area contributed by atoms with E-state index in [0.29, 0.717) is 28.1 Å². The lowest BCUT2D eigenvalue weighted by Crippen LogP contribution is -2.15. The third-order valence-corrected chi connectivity index (χ3v) is 5.30. The number of nitrogens with zero attached hydrogens (tertiary/aromatic N) is 3. The highest BCUT2D eigenvalue weighted by Gasteiger charge is 2.16. The number of hydrogen-bond donors (Lipinski definition) is 2. The fraction of sp³-hybridized carbons (Fsp3) is 0.143. The standard InChI is InChI=1S/C21H19N5O3S/c1-13(27)22-15-7-5-8-16(11-15)23-19(28)12-30-21-25-24-20(26(21)2)18-10-14-6-3-4-9-17(14)29-18/h3-11H,12H2,1-2H3,(H,22,27)(H,23,28). The number of amides is 2. The first-order valence-corrected chi connectivity index (χ1v) is 10.2. The first kappa shape index (κ1) is 19.7. The molecule has 0 unspecified atom stereocenters. The number of carbonyl (C=O) groups is 2. The van der Waals surface area contributed by atoms with Crippen LogP contribution in [0.3, 0.4) is 0 Å². The number of nitrogens with one attached hydrogen (secondary N) is 2. The lowest BCUT2D eigenvalue weighted by molar-refractivity contribution is -0.114. The van der Waals surface area contributed by atoms with Crippen LogP contribution in [-0.2, 0) is 16.6 Å². The molecule has 0 aliphatic carbocycles. The van der Waals surface area contributed by atoms with Crippen molar-refractivity contribution in [3.63, 3.8) is 0 Å². The van der Waals surface area contributed by atoms with Gasteiger partial charge in [-0.3, -0.25) is 9.59 Å². The largest absolute Gasteiger partial charge is 0.453 e. The summed E-state index contributed by atoms with van der Waals surface area (Å²) in [5.41, 5.74) is 2.01. The van der Waals surface area contributed by atoms with E-state index in [4.69, 9.17) is 4.42 Å². The van der Waals surface area contributed by atoms with E-state index in [1.54, 1.807) is 28.8 Å². The van der Waals surface area contributed by atoms with Gasteiger partial charge in [0.15, 0.2) is 16.7 Å². The topological polar surface area (TPSA) is 102 Å². The number of anilines is 2. The van der Waals surface area contributed by atoms with Crippen molar-refractivity contribution in [2.75, 3.05) is 16.4 Å². The molecule has 2 N–H and O–H groups in total. The summed E-state index contributed by atoms with van der Waals surface area (Å²) in [7, 11) is 1.83. The van der Waals surface area contributed by atoms with Crippen LogP contribution in [0.4, 0.5) is 11.4 Å². The smallest absolute Gasteiger partial charge is 0.234 e. The van der Waals surface area contributed by atoms with Gasteiger partial charge in [0.05, 0.1) is 5.75 Å². The normalized spacial score (nSPS) is 10.9. The molecule has 0 radical (unpaired) electrons. The minimum atomic E-state index is -0.187. The van der Waals surface area contributed by atoms with Crippen LogP contribution in [0.5, 0.6) is 0 Å². The Morgan fingerprint density at radius 1 is 1.03 bits per heavy atom. The number of thioether (sulfide) groups is 1. The number of rotatable bonds is 6. The van der Waals surface area contributed by atoms with Crippen LogP contribution >= 0.6 is 11.8 Å². The van der Waals surface area contributed by atoms with Gasteiger partial charge >= 0.3 is 0 Å². The van der Waals surface area contributed by atoms with Gasteiger partial charge in [-0.05, 0) is 30.3 Å². The fourth-order valence-electron chi connectivity index (χ4n) is 2.95. The number of hydrogen-bond acceptors (Lipinski definition) is 6. The van der Waals surface area contributed by atoms with Gasteiger partial charge in [-0.2, -0.15) is 0 Å². The van der Waals surface area contributed by atoms with Crippen molar-refractivity contribution in [2.24, 2.45) is 7.05 Å². The van der Waals surface area contributed by atoms with E-state index < -0.39 is 0 Å². The molecule has 30 heavy (non-hydrogen) atoms. The molecular weight excluding hydrogens is 402 g/mol. The summed E-state index contributed by atoms with van der Waals surface area (Å²) < 4.78 is 7.65. The van der Waals surface area contributed by atoms with E-state index in [9.17, 15) is 9.59 Å². The third kappa shape index (κ3) is 4.36. The fourth-order valence-corrected chi connectivity index (χ4v) is 3.66. The predicted octanol–water partition coefficient (Wildman–Crippen LogP) is 3.92. The van der Waals surface area contributed by atoms with Gasteiger partial charge in [-0.1, -0.05) is 36.0 Å². The molecule has 0 saturated heterocycles. The minimum absolute atomic E-state index is 0.163. The first-order valence-electron chi connectivity index (χ1n) is 9.18. The lowest BCUT2D eigenvalue weighted by Gasteiger charge is -2.07. The van der Waals surface area contributed by atoms with Crippen molar-refractivity contribution in [1.82, 2.24) is 14.8 Å². The van der Waals surface area contributed by atoms with E-state index in [-0.39, 0.29) is 17.6 Å². The molecule has 2 amide bonds. The van der Waals surface area contributed by atoms with E-state index in [2.05, 4.69) is 20.8 Å². The second-order valence-corrected chi connectivity index (χ2v) is 7.56. The third-order valence-electron chi connectivity index (χ3n) is 4.28. The highest BCUT2D eigenvalue weighted by molar-refractivity contribution is 7.99. The summed E-state index contributed by atoms with van der Waals surface area (Å²) >= 11 is 1.28. The second kappa shape index (κ2) is 8.42. The van der Waals surface area contributed by atoms with Gasteiger partial charge in [0.1, 0.15) is 5.58 Å². The van der Waals surface area contributed by atoms with Gasteiger partial charge in [0.25, 0.3) is 0 Å². The maximum absolute atomic E-state index is 12.3. The number of para-hydroxylation sites is 1. The molecule has 0 bridgehead atoms. The molecule has 0 fully saturated rings. The first-order chi connectivity index (χ1) is 14.5. The van der Waals surface area contributed by atoms with Crippen molar-refractivity contribution in [3.8, 4) is 11.6 Å². The number of furan rings is 1. The average molecular weight is 421 g/mol. The highest BCUT2D eigenvalue weighted by Crippen LogP contribution is 2.28. The Hall–Kier alpha value is -3.59. The van der Waals surface area contributed by atoms with Crippen molar-refractivity contribution >= 4 is 45.9 Å². The molecule has 0 saturated carbocycles. The number of aromatic nitrogens is 3. The van der Waals surface area contributed by atoms with Crippen LogP contribution in [-0.4, -0.2) is 32.3 Å². The molecular formula is C21H19N5O3S. The van der Waals surface area contributed by atoms with Crippen LogP contribution in [0, 0.1) is 0 Å². The monoisotopic (exact) mass is 421 g/mol. The minimum Gasteiger partial charge on any atom is -0.453 e. The van der Waals surface area contributed by atoms with Gasteiger partial charge in [0, 0.05) is 30.7 Å². The predicted molar refractivity (Wildman–Crippen MR) is 116 cm³/mol. The molecule has 0 aliphatic heterocycles. The van der Waals surface area contributed by atoms with Crippen LogP contribution in [0.1, 0.15) is 6.92 Å². The summed E-state index contributed by atoms with van der Waals surface area (Å²) in [6.07, 6.45) is 0. The Morgan fingerprint density at radius 3 is 2.57 bits per heavy atom. The Bertz CT molecular complexity index is 1200.